The number of hydrogen-bond acceptors (Lipinski definition) is 3. The number of nitrogens with zero attached hydrogens (tertiary/aromatic N) is 3. The molecule has 0 bridgehead atoms. The van der Waals surface area contributed by atoms with Gasteiger partial charge in [-0.15, -0.1) is 0 Å². The molecule has 1 aliphatic rings. The minimum atomic E-state index is -2.73. The Labute approximate surface area is 167 Å². The maximum atomic E-state index is 13.8. The summed E-state index contributed by atoms with van der Waals surface area (Å²) in [7, 11) is 0. The number of rotatable bonds is 3. The van der Waals surface area contributed by atoms with E-state index in [1.54, 1.807) is 6.07 Å². The molecule has 0 saturated heterocycles. The molecule has 0 amide bonds. The largest absolute Gasteiger partial charge is 0.397 e. The van der Waals surface area contributed by atoms with E-state index in [1.165, 1.54) is 12.4 Å². The summed E-state index contributed by atoms with van der Waals surface area (Å²) in [4.78, 5) is 7.62. The molecule has 29 heavy (non-hydrogen) atoms. The molecule has 7 heteroatoms. The molecule has 3 N–H and O–H groups in total. The zero-order valence-corrected chi connectivity index (χ0v) is 16.1. The van der Waals surface area contributed by atoms with Crippen molar-refractivity contribution >= 4 is 22.3 Å². The molecular formula is C22H22F2N4O. The Hall–Kier alpha value is -2.98. The van der Waals surface area contributed by atoms with E-state index in [0.29, 0.717) is 29.7 Å². The van der Waals surface area contributed by atoms with Crippen LogP contribution >= 0.6 is 0 Å². The highest BCUT2D eigenvalue weighted by Crippen LogP contribution is 2.43. The van der Waals surface area contributed by atoms with Gasteiger partial charge in [0.15, 0.2) is 5.69 Å². The molecule has 3 aromatic rings. The molecule has 1 saturated carbocycles. The molecule has 0 unspecified atom stereocenters. The van der Waals surface area contributed by atoms with Gasteiger partial charge in [-0.2, -0.15) is 0 Å². The molecule has 0 aliphatic heterocycles. The van der Waals surface area contributed by atoms with Gasteiger partial charge in [-0.25, -0.2) is 13.6 Å². The fourth-order valence-corrected chi connectivity index (χ4v) is 4.31. The molecule has 1 aromatic carbocycles. The van der Waals surface area contributed by atoms with E-state index < -0.39 is 6.43 Å². The number of hydrogen-bond donors (Lipinski definition) is 2. The Morgan fingerprint density at radius 3 is 2.59 bits per heavy atom. The van der Waals surface area contributed by atoms with Crippen molar-refractivity contribution in [2.75, 3.05) is 5.73 Å². The number of fused-ring (bicyclic) bond motifs is 1. The van der Waals surface area contributed by atoms with Crippen molar-refractivity contribution in [3.05, 3.63) is 53.3 Å². The Bertz CT molecular complexity index is 1110. The number of nitrogen functional groups attached to an aromatic ring is 1. The third-order valence-electron chi connectivity index (χ3n) is 5.86. The van der Waals surface area contributed by atoms with Crippen LogP contribution in [0.15, 0.2) is 30.7 Å². The second kappa shape index (κ2) is 7.45. The van der Waals surface area contributed by atoms with Crippen molar-refractivity contribution in [2.45, 2.75) is 51.2 Å². The van der Waals surface area contributed by atoms with Crippen LogP contribution in [0.25, 0.3) is 26.9 Å². The topological polar surface area (TPSA) is 68.4 Å². The summed E-state index contributed by atoms with van der Waals surface area (Å²) in [6, 6.07) is 3.87. The first-order chi connectivity index (χ1) is 13.9. The van der Waals surface area contributed by atoms with Crippen LogP contribution in [0.4, 0.5) is 20.2 Å². The van der Waals surface area contributed by atoms with Crippen molar-refractivity contribution in [1.29, 1.82) is 0 Å². The molecule has 0 radical (unpaired) electrons. The highest BCUT2D eigenvalue weighted by molar-refractivity contribution is 6.00. The number of aromatic nitrogens is 2. The monoisotopic (exact) mass is 396 g/mol. The normalized spacial score (nSPS) is 19.6. The van der Waals surface area contributed by atoms with Gasteiger partial charge in [0.2, 0.25) is 0 Å². The maximum Gasteiger partial charge on any atom is 0.266 e. The first-order valence-electron chi connectivity index (χ1n) is 9.63. The lowest BCUT2D eigenvalue weighted by Gasteiger charge is -2.27. The van der Waals surface area contributed by atoms with Crippen molar-refractivity contribution in [1.82, 2.24) is 9.55 Å². The number of anilines is 1. The van der Waals surface area contributed by atoms with Crippen LogP contribution < -0.4 is 5.73 Å². The second-order valence-electron chi connectivity index (χ2n) is 7.67. The SMILES string of the molecule is [C-]#[N+]c1cc2c(-c3cncc(N)c3C(F)F)cn(C3CCC(O)CC3)c2cc1C. The lowest BCUT2D eigenvalue weighted by Crippen LogP contribution is -2.20. The summed E-state index contributed by atoms with van der Waals surface area (Å²) in [5, 5.41) is 10.6. The van der Waals surface area contributed by atoms with Gasteiger partial charge in [0.1, 0.15) is 0 Å². The quantitative estimate of drug-likeness (QED) is 0.570. The highest BCUT2D eigenvalue weighted by Gasteiger charge is 2.26. The molecule has 2 heterocycles. The number of benzene rings is 1. The summed E-state index contributed by atoms with van der Waals surface area (Å²) >= 11 is 0. The van der Waals surface area contributed by atoms with Gasteiger partial charge in [-0.05, 0) is 55.7 Å². The smallest absolute Gasteiger partial charge is 0.266 e. The Morgan fingerprint density at radius 2 is 1.93 bits per heavy atom. The van der Waals surface area contributed by atoms with E-state index in [2.05, 4.69) is 14.4 Å². The average molecular weight is 396 g/mol. The Balaban J connectivity index is 1.98. The zero-order chi connectivity index (χ0) is 20.7. The molecule has 2 aromatic heterocycles. The van der Waals surface area contributed by atoms with Gasteiger partial charge in [-0.3, -0.25) is 4.98 Å². The number of aryl methyl sites for hydroxylation is 1. The number of nitrogens with two attached hydrogens (primary N) is 1. The summed E-state index contributed by atoms with van der Waals surface area (Å²) in [6.45, 7) is 9.32. The van der Waals surface area contributed by atoms with Crippen LogP contribution in [0.3, 0.4) is 0 Å². The molecular weight excluding hydrogens is 374 g/mol. The van der Waals surface area contributed by atoms with Gasteiger partial charge in [0, 0.05) is 35.1 Å². The molecule has 0 atom stereocenters. The van der Waals surface area contributed by atoms with E-state index >= 15 is 0 Å². The first-order valence-corrected chi connectivity index (χ1v) is 9.63. The number of alkyl halides is 2. The van der Waals surface area contributed by atoms with Gasteiger partial charge in [0.05, 0.1) is 30.1 Å². The van der Waals surface area contributed by atoms with Crippen LogP contribution in [-0.2, 0) is 0 Å². The predicted molar refractivity (Wildman–Crippen MR) is 109 cm³/mol. The minimum absolute atomic E-state index is 0.0447. The van der Waals surface area contributed by atoms with E-state index in [0.717, 1.165) is 29.3 Å². The third kappa shape index (κ3) is 3.34. The first kappa shape index (κ1) is 19.3. The predicted octanol–water partition coefficient (Wildman–Crippen LogP) is 5.56. The fraction of sp³-hybridized carbons (Fsp3) is 0.364. The van der Waals surface area contributed by atoms with Crippen LogP contribution in [0.5, 0.6) is 0 Å². The van der Waals surface area contributed by atoms with Crippen LogP contribution in [-0.4, -0.2) is 20.8 Å². The maximum absolute atomic E-state index is 13.8. The van der Waals surface area contributed by atoms with Crippen LogP contribution in [0, 0.1) is 13.5 Å². The van der Waals surface area contributed by atoms with Crippen LogP contribution in [0.2, 0.25) is 0 Å². The minimum Gasteiger partial charge on any atom is -0.397 e. The third-order valence-corrected chi connectivity index (χ3v) is 5.86. The summed E-state index contributed by atoms with van der Waals surface area (Å²) in [5.41, 5.74) is 8.67. The van der Waals surface area contributed by atoms with Gasteiger partial charge in [-0.1, -0.05) is 0 Å². The second-order valence-corrected chi connectivity index (χ2v) is 7.67. The lowest BCUT2D eigenvalue weighted by atomic mass is 9.93. The van der Waals surface area contributed by atoms with Gasteiger partial charge >= 0.3 is 0 Å². The molecule has 1 fully saturated rings. The van der Waals surface area contributed by atoms with E-state index in [4.69, 9.17) is 12.3 Å². The van der Waals surface area contributed by atoms with Crippen molar-refractivity contribution in [3.63, 3.8) is 0 Å². The molecule has 5 nitrogen and oxygen atoms in total. The van der Waals surface area contributed by atoms with E-state index in [9.17, 15) is 13.9 Å². The number of aliphatic hydroxyl groups excluding tert-OH is 1. The molecule has 0 spiro atoms. The fourth-order valence-electron chi connectivity index (χ4n) is 4.31. The average Bonchev–Trinajstić information content (AvgIpc) is 3.05. The van der Waals surface area contributed by atoms with Crippen molar-refractivity contribution in [2.24, 2.45) is 0 Å². The van der Waals surface area contributed by atoms with Gasteiger partial charge in [0.25, 0.3) is 6.43 Å². The van der Waals surface area contributed by atoms with Crippen molar-refractivity contribution < 1.29 is 13.9 Å². The number of aliphatic hydroxyl groups is 1. The van der Waals surface area contributed by atoms with E-state index in [1.807, 2.05) is 19.2 Å². The lowest BCUT2D eigenvalue weighted by molar-refractivity contribution is 0.111. The number of pyridine rings is 1. The highest BCUT2D eigenvalue weighted by atomic mass is 19.3. The molecule has 150 valence electrons. The molecule has 1 aliphatic carbocycles. The summed E-state index contributed by atoms with van der Waals surface area (Å²) < 4.78 is 29.7. The molecule has 4 rings (SSSR count). The van der Waals surface area contributed by atoms with E-state index in [-0.39, 0.29) is 23.4 Å². The van der Waals surface area contributed by atoms with Gasteiger partial charge < -0.3 is 15.4 Å². The zero-order valence-electron chi connectivity index (χ0n) is 16.1. The Kier molecular flexibility index (Phi) is 4.97. The Morgan fingerprint density at radius 1 is 1.21 bits per heavy atom. The summed E-state index contributed by atoms with van der Waals surface area (Å²) in [6.07, 6.45) is 4.55. The van der Waals surface area contributed by atoms with Crippen LogP contribution in [0.1, 0.15) is 49.3 Å². The van der Waals surface area contributed by atoms with Crippen molar-refractivity contribution in [3.8, 4) is 11.1 Å². The number of halogens is 2. The standard InChI is InChI=1S/C22H22F2N4O/c1-12-7-20-15(8-19(12)26-2)17(11-28(20)13-3-5-14(29)6-4-13)16-9-27-10-18(25)21(16)22(23)24/h7-11,13-14,22,29H,3-6,25H2,1H3. The summed E-state index contributed by atoms with van der Waals surface area (Å²) in [5.74, 6) is 0.